The van der Waals surface area contributed by atoms with E-state index >= 15 is 0 Å². The van der Waals surface area contributed by atoms with Crippen molar-refractivity contribution in [1.82, 2.24) is 0 Å². The van der Waals surface area contributed by atoms with Gasteiger partial charge in [0.15, 0.2) is 11.5 Å². The van der Waals surface area contributed by atoms with Crippen LogP contribution in [0.2, 0.25) is 0 Å². The molecule has 2 heterocycles. The first kappa shape index (κ1) is 29.8. The molecule has 2 bridgehead atoms. The van der Waals surface area contributed by atoms with E-state index in [1.165, 1.54) is 21.1 Å². The second-order valence-corrected chi connectivity index (χ2v) is 8.79. The number of fused-ring (bicyclic) bond motifs is 2. The Kier molecular flexibility index (Phi) is 10.9. The van der Waals surface area contributed by atoms with Crippen LogP contribution >= 0.6 is 24.8 Å². The number of aliphatic carboxylic acids is 1. The molecule has 0 amide bonds. The third kappa shape index (κ3) is 6.67. The highest BCUT2D eigenvalue weighted by atomic mass is 35.5. The van der Waals surface area contributed by atoms with Gasteiger partial charge in [-0.05, 0) is 12.1 Å². The van der Waals surface area contributed by atoms with Gasteiger partial charge in [-0.1, -0.05) is 0 Å². The summed E-state index contributed by atoms with van der Waals surface area (Å²) in [7, 11) is 5.27. The lowest BCUT2D eigenvalue weighted by Gasteiger charge is -2.47. The number of carbonyl (C=O) groups is 3. The molecule has 0 radical (unpaired) electrons. The Labute approximate surface area is 212 Å². The number of piperidine rings is 1. The van der Waals surface area contributed by atoms with Gasteiger partial charge in [-0.15, -0.1) is 24.8 Å². The van der Waals surface area contributed by atoms with Crippen molar-refractivity contribution in [1.29, 1.82) is 0 Å². The number of carboxylic acids is 1. The van der Waals surface area contributed by atoms with E-state index < -0.39 is 17.9 Å². The first-order chi connectivity index (χ1) is 15.2. The molecule has 2 saturated heterocycles. The molecule has 2 aliphatic heterocycles. The van der Waals surface area contributed by atoms with Crippen LogP contribution in [0.25, 0.3) is 0 Å². The predicted molar refractivity (Wildman–Crippen MR) is 128 cm³/mol. The Morgan fingerprint density at radius 1 is 1.00 bits per heavy atom. The maximum atomic E-state index is 12.0. The molecule has 0 aliphatic carbocycles. The molecular weight excluding hydrogens is 489 g/mol. The molecule has 1 aromatic rings. The van der Waals surface area contributed by atoms with E-state index in [0.717, 1.165) is 42.3 Å². The van der Waals surface area contributed by atoms with Crippen LogP contribution in [0.3, 0.4) is 0 Å². The van der Waals surface area contributed by atoms with Gasteiger partial charge < -0.3 is 28.5 Å². The molecule has 34 heavy (non-hydrogen) atoms. The topological polar surface area (TPSA) is 108 Å². The zero-order valence-electron chi connectivity index (χ0n) is 19.9. The first-order valence-corrected chi connectivity index (χ1v) is 10.9. The van der Waals surface area contributed by atoms with Gasteiger partial charge in [-0.2, -0.15) is 0 Å². The van der Waals surface area contributed by atoms with Gasteiger partial charge in [0.1, 0.15) is 12.6 Å². The molecule has 9 nitrogen and oxygen atoms in total. The summed E-state index contributed by atoms with van der Waals surface area (Å²) in [6.45, 7) is 2.07. The molecule has 3 rings (SSSR count). The van der Waals surface area contributed by atoms with Crippen LogP contribution in [0.5, 0.6) is 17.2 Å². The average molecular weight is 523 g/mol. The fraction of sp³-hybridized carbons (Fsp3) is 0.609. The number of carbonyl (C=O) groups excluding carboxylic acids is 2. The minimum Gasteiger partial charge on any atom is -0.493 e. The monoisotopic (exact) mass is 522 g/mol. The fourth-order valence-corrected chi connectivity index (χ4v) is 5.16. The van der Waals surface area contributed by atoms with E-state index in [4.69, 9.17) is 24.1 Å². The summed E-state index contributed by atoms with van der Waals surface area (Å²) in [5, 5.41) is 8.75. The zero-order valence-corrected chi connectivity index (χ0v) is 21.5. The molecule has 1 N–H and O–H groups in total. The van der Waals surface area contributed by atoms with E-state index in [-0.39, 0.29) is 49.5 Å². The van der Waals surface area contributed by atoms with Crippen molar-refractivity contribution in [2.75, 3.05) is 21.3 Å². The predicted octanol–water partition coefficient (Wildman–Crippen LogP) is 3.52. The number of carboxylic acid groups (broad SMARTS) is 1. The highest BCUT2D eigenvalue weighted by Gasteiger charge is 2.52. The second-order valence-electron chi connectivity index (χ2n) is 8.79. The minimum atomic E-state index is -1.000. The summed E-state index contributed by atoms with van der Waals surface area (Å²) in [6.07, 6.45) is 3.13. The van der Waals surface area contributed by atoms with Crippen molar-refractivity contribution in [3.05, 3.63) is 17.7 Å². The molecule has 2 fully saturated rings. The fourth-order valence-electron chi connectivity index (χ4n) is 5.16. The summed E-state index contributed by atoms with van der Waals surface area (Å²) in [4.78, 5) is 34.2. The lowest BCUT2D eigenvalue weighted by molar-refractivity contribution is -0.961. The maximum Gasteiger partial charge on any atom is 0.308 e. The molecule has 2 atom stereocenters. The van der Waals surface area contributed by atoms with Crippen molar-refractivity contribution in [3.8, 4) is 17.2 Å². The van der Waals surface area contributed by atoms with E-state index in [9.17, 15) is 14.4 Å². The lowest BCUT2D eigenvalue weighted by Crippen LogP contribution is -2.58. The average Bonchev–Trinajstić information content (AvgIpc) is 2.90. The minimum absolute atomic E-state index is 0. The standard InChI is InChI=1S/C23H31NO8.2ClH/c1-14(25)31-23-19(29-3)9-15(10-20(23)30-4)13-24(2)16-5-6-17(24)12-18(11-16)32-22(28)8-7-21(26)27;;/h9-10,16-18H,5-8,11-13H2,1-4H3;2*1H/p+1. The number of ether oxygens (including phenoxy) is 4. The summed E-state index contributed by atoms with van der Waals surface area (Å²) in [5.74, 6) is -0.745. The third-order valence-electron chi connectivity index (χ3n) is 6.70. The highest BCUT2D eigenvalue weighted by molar-refractivity contribution is 5.85. The highest BCUT2D eigenvalue weighted by Crippen LogP contribution is 2.45. The quantitative estimate of drug-likeness (QED) is 0.298. The summed E-state index contributed by atoms with van der Waals surface area (Å²) >= 11 is 0. The number of rotatable bonds is 9. The molecule has 192 valence electrons. The smallest absolute Gasteiger partial charge is 0.308 e. The number of nitrogens with zero attached hydrogens (tertiary/aromatic N) is 1. The van der Waals surface area contributed by atoms with Crippen LogP contribution < -0.4 is 14.2 Å². The van der Waals surface area contributed by atoms with E-state index in [0.29, 0.717) is 23.6 Å². The van der Waals surface area contributed by atoms with Crippen LogP contribution in [-0.2, 0) is 25.7 Å². The molecule has 0 spiro atoms. The largest absolute Gasteiger partial charge is 0.493 e. The summed E-state index contributed by atoms with van der Waals surface area (Å²) in [6, 6.07) is 4.41. The van der Waals surface area contributed by atoms with Gasteiger partial charge in [0.2, 0.25) is 5.75 Å². The Balaban J connectivity index is 0.00000289. The first-order valence-electron chi connectivity index (χ1n) is 10.9. The van der Waals surface area contributed by atoms with Crippen LogP contribution in [0.1, 0.15) is 51.0 Å². The van der Waals surface area contributed by atoms with E-state index in [2.05, 4.69) is 7.05 Å². The Morgan fingerprint density at radius 3 is 1.97 bits per heavy atom. The summed E-state index contributed by atoms with van der Waals surface area (Å²) < 4.78 is 22.6. The van der Waals surface area contributed by atoms with Crippen molar-refractivity contribution in [2.45, 2.75) is 70.2 Å². The van der Waals surface area contributed by atoms with Gasteiger partial charge in [0.25, 0.3) is 0 Å². The number of hydrogen-bond acceptors (Lipinski definition) is 7. The SMILES string of the molecule is COc1cc(C[N+]2(C)C3CCC2CC(OC(=O)CCC(=O)O)C3)cc(OC)c1OC(C)=O.Cl.Cl. The number of hydrogen-bond donors (Lipinski definition) is 1. The van der Waals surface area contributed by atoms with Gasteiger partial charge in [0.05, 0.1) is 46.2 Å². The van der Waals surface area contributed by atoms with Crippen molar-refractivity contribution in [3.63, 3.8) is 0 Å². The van der Waals surface area contributed by atoms with Gasteiger partial charge in [-0.25, -0.2) is 0 Å². The number of methoxy groups -OCH3 is 2. The summed E-state index contributed by atoms with van der Waals surface area (Å²) in [5.41, 5.74) is 1.01. The van der Waals surface area contributed by atoms with Crippen molar-refractivity contribution >= 4 is 42.7 Å². The van der Waals surface area contributed by atoms with Crippen molar-refractivity contribution in [2.24, 2.45) is 0 Å². The number of benzene rings is 1. The third-order valence-corrected chi connectivity index (χ3v) is 6.70. The molecular formula is C23H34Cl2NO8+. The molecule has 1 aromatic carbocycles. The second kappa shape index (κ2) is 12.5. The Morgan fingerprint density at radius 2 is 1.53 bits per heavy atom. The molecule has 2 aliphatic rings. The Hall–Kier alpha value is -2.23. The normalized spacial score (nSPS) is 24.8. The molecule has 2 unspecified atom stereocenters. The Bertz CT molecular complexity index is 855. The number of quaternary nitrogens is 1. The van der Waals surface area contributed by atoms with Crippen LogP contribution in [-0.4, -0.2) is 67.0 Å². The molecule has 0 aromatic heterocycles. The molecule has 11 heteroatoms. The number of halogens is 2. The van der Waals surface area contributed by atoms with E-state index in [1.807, 2.05) is 12.1 Å². The molecule has 0 saturated carbocycles. The van der Waals surface area contributed by atoms with Crippen molar-refractivity contribution < 1.29 is 42.9 Å². The lowest BCUT2D eigenvalue weighted by atomic mass is 9.95. The van der Waals surface area contributed by atoms with Gasteiger partial charge in [0, 0.05) is 38.2 Å². The van der Waals surface area contributed by atoms with Crippen LogP contribution in [0, 0.1) is 0 Å². The zero-order chi connectivity index (χ0) is 23.5. The van der Waals surface area contributed by atoms with E-state index in [1.54, 1.807) is 0 Å². The van der Waals surface area contributed by atoms with Gasteiger partial charge in [-0.3, -0.25) is 14.4 Å². The van der Waals surface area contributed by atoms with Crippen LogP contribution in [0.15, 0.2) is 12.1 Å². The van der Waals surface area contributed by atoms with Gasteiger partial charge >= 0.3 is 17.9 Å². The van der Waals surface area contributed by atoms with Crippen LogP contribution in [0.4, 0.5) is 0 Å². The maximum absolute atomic E-state index is 12.0. The number of esters is 2.